The summed E-state index contributed by atoms with van der Waals surface area (Å²) in [5, 5.41) is 7.46. The third-order valence-electron chi connectivity index (χ3n) is 0. The molecule has 0 bridgehead atoms. The average Bonchev–Trinajstić information content (AvgIpc) is 1.96. The van der Waals surface area contributed by atoms with Gasteiger partial charge in [-0.25, -0.2) is 0 Å². The maximum absolute atomic E-state index is 7.46. The molecule has 11 heavy (non-hydrogen) atoms. The van der Waals surface area contributed by atoms with Gasteiger partial charge in [0.15, 0.2) is 0 Å². The normalized spacial score (nSPS) is 5.45. The van der Waals surface area contributed by atoms with Gasteiger partial charge in [-0.15, -0.1) is 0 Å². The first-order valence-corrected chi connectivity index (χ1v) is 9.29. The van der Waals surface area contributed by atoms with Crippen molar-refractivity contribution in [2.45, 2.75) is 27.7 Å². The van der Waals surface area contributed by atoms with Gasteiger partial charge in [-0.3, -0.25) is 0 Å². The van der Waals surface area contributed by atoms with Gasteiger partial charge in [0, 0.05) is 0 Å². The third-order valence-corrected chi connectivity index (χ3v) is 0. The van der Waals surface area contributed by atoms with Crippen molar-refractivity contribution < 1.29 is 36.0 Å². The molecule has 0 aliphatic rings. The topological polar surface area (TPSA) is 20.2 Å². The van der Waals surface area contributed by atoms with Gasteiger partial charge in [0.1, 0.15) is 0 Å². The molecule has 0 aliphatic heterocycles. The average molecular weight is 366 g/mol. The van der Waals surface area contributed by atoms with Crippen LogP contribution >= 0.6 is 0 Å². The number of hydrogen-bond acceptors (Lipinski definition) is 1. The van der Waals surface area contributed by atoms with E-state index < -0.39 is 0 Å². The minimum atomic E-state index is 0. The van der Waals surface area contributed by atoms with Gasteiger partial charge < -0.3 is 24.9 Å². The van der Waals surface area contributed by atoms with E-state index in [0.29, 0.717) is 0 Å². The molecule has 0 aromatic heterocycles. The summed E-state index contributed by atoms with van der Waals surface area (Å²) in [6, 6.07) is 0. The van der Waals surface area contributed by atoms with Gasteiger partial charge >= 0.3 is 30.9 Å². The standard InChI is InChI=1S/2C3H7.C2H5O.V.W/c2*1-3-2;1-2-3;;/h2*3H,1-2H3;3H,1-2H2;;/q3*-1;+2;. The van der Waals surface area contributed by atoms with Crippen LogP contribution in [0.5, 0.6) is 0 Å². The molecule has 0 amide bonds. The van der Waals surface area contributed by atoms with Crippen molar-refractivity contribution >= 4 is 0 Å². The third kappa shape index (κ3) is 630. The fraction of sp³-hybridized carbons (Fsp3) is 0.625. The molecule has 0 heterocycles. The molecule has 0 atom stereocenters. The van der Waals surface area contributed by atoms with E-state index in [1.165, 1.54) is 16.8 Å². The first kappa shape index (κ1) is 22.8. The van der Waals surface area contributed by atoms with Crippen molar-refractivity contribution in [3.05, 3.63) is 19.8 Å². The second-order valence-electron chi connectivity index (χ2n) is 1.38. The quantitative estimate of drug-likeness (QED) is 0.653. The summed E-state index contributed by atoms with van der Waals surface area (Å²) in [6.07, 6.45) is 4.00. The molecule has 0 fully saturated rings. The van der Waals surface area contributed by atoms with Crippen LogP contribution in [0.3, 0.4) is 0 Å². The van der Waals surface area contributed by atoms with E-state index >= 15 is 0 Å². The Hall–Kier alpha value is 1.23. The predicted octanol–water partition coefficient (Wildman–Crippen LogP) is 2.27. The first-order chi connectivity index (χ1) is 5.24. The van der Waals surface area contributed by atoms with Crippen molar-refractivity contribution in [3.8, 4) is 0 Å². The van der Waals surface area contributed by atoms with Gasteiger partial charge in [0.25, 0.3) is 0 Å². The van der Waals surface area contributed by atoms with E-state index in [1.54, 1.807) is 0 Å². The van der Waals surface area contributed by atoms with Gasteiger partial charge in [-0.1, -0.05) is 6.61 Å². The van der Waals surface area contributed by atoms with Crippen LogP contribution in [0, 0.1) is 19.8 Å². The molecule has 3 heteroatoms. The van der Waals surface area contributed by atoms with E-state index in [1.807, 2.05) is 40.5 Å². The van der Waals surface area contributed by atoms with E-state index in [4.69, 9.17) is 5.11 Å². The zero-order valence-electron chi connectivity index (χ0n) is 7.87. The molecule has 0 saturated heterocycles. The Bertz CT molecular complexity index is 25.3. The van der Waals surface area contributed by atoms with Crippen LogP contribution in [0.15, 0.2) is 0 Å². The predicted molar refractivity (Wildman–Crippen MR) is 43.7 cm³/mol. The van der Waals surface area contributed by atoms with Crippen LogP contribution in [-0.2, 0) is 30.9 Å². The molecule has 1 N–H and O–H groups in total. The molecule has 0 rings (SSSR count). The summed E-state index contributed by atoms with van der Waals surface area (Å²) in [4.78, 5) is 0. The molecular formula is C8H19OVW-. The van der Waals surface area contributed by atoms with Crippen LogP contribution in [0.1, 0.15) is 27.7 Å². The van der Waals surface area contributed by atoms with Crippen LogP contribution in [0.4, 0.5) is 0 Å². The van der Waals surface area contributed by atoms with Gasteiger partial charge in [0.2, 0.25) is 0 Å². The summed E-state index contributed by atoms with van der Waals surface area (Å²) in [5.41, 5.74) is 0. The molecule has 0 spiro atoms. The second-order valence-corrected chi connectivity index (χ2v) is 1.38. The molecule has 0 saturated carbocycles. The summed E-state index contributed by atoms with van der Waals surface area (Å²) >= 11 is 3.92. The van der Waals surface area contributed by atoms with Crippen molar-refractivity contribution in [1.82, 2.24) is 0 Å². The van der Waals surface area contributed by atoms with Gasteiger partial charge in [0.05, 0.1) is 0 Å². The summed E-state index contributed by atoms with van der Waals surface area (Å²) < 4.78 is 0. The molecule has 0 radical (unpaired) electrons. The van der Waals surface area contributed by atoms with Crippen molar-refractivity contribution in [2.24, 2.45) is 0 Å². The van der Waals surface area contributed by atoms with E-state index in [2.05, 4.69) is 21.0 Å². The van der Waals surface area contributed by atoms with Gasteiger partial charge in [-0.2, -0.15) is 27.7 Å². The Morgan fingerprint density at radius 3 is 1.18 bits per heavy atom. The summed E-state index contributed by atoms with van der Waals surface area (Å²) in [5.74, 6) is 0. The van der Waals surface area contributed by atoms with E-state index in [0.717, 1.165) is 0 Å². The number of aliphatic hydroxyl groups excluding tert-OH is 1. The molecule has 1 nitrogen and oxygen atoms in total. The number of rotatable bonds is 0. The fourth-order valence-electron chi connectivity index (χ4n) is 0. The zero-order valence-corrected chi connectivity index (χ0v) is 12.2. The monoisotopic (exact) mass is 366 g/mol. The Morgan fingerprint density at radius 1 is 1.18 bits per heavy atom. The maximum atomic E-state index is 7.46. The summed E-state index contributed by atoms with van der Waals surface area (Å²) in [6.45, 7) is 11.0. The van der Waals surface area contributed by atoms with E-state index in [9.17, 15) is 0 Å². The molecular weight excluding hydrogens is 347 g/mol. The molecule has 0 unspecified atom stereocenters. The van der Waals surface area contributed by atoms with Crippen LogP contribution in [0.25, 0.3) is 0 Å². The van der Waals surface area contributed by atoms with Gasteiger partial charge in [-0.05, 0) is 0 Å². The van der Waals surface area contributed by atoms with Crippen LogP contribution in [-0.4, -0.2) is 11.7 Å². The fourth-order valence-corrected chi connectivity index (χ4v) is 0. The number of aliphatic hydroxyl groups is 1. The summed E-state index contributed by atoms with van der Waals surface area (Å²) in [7, 11) is 0. The minimum absolute atomic E-state index is 0. The van der Waals surface area contributed by atoms with Crippen molar-refractivity contribution in [2.75, 3.05) is 6.61 Å². The Balaban J connectivity index is -0.0000000301. The molecule has 69 valence electrons. The SMILES string of the molecule is C[CH-]C.C[CH-]C.[CH2-]CO.[V+2]=[W]. The number of hydrogen-bond donors (Lipinski definition) is 1. The Morgan fingerprint density at radius 2 is 1.18 bits per heavy atom. The van der Waals surface area contributed by atoms with E-state index in [-0.39, 0.29) is 6.61 Å². The second kappa shape index (κ2) is 65.6. The Kier molecular flexibility index (Phi) is 136. The first-order valence-electron chi connectivity index (χ1n) is 3.31. The molecule has 0 aliphatic carbocycles. The van der Waals surface area contributed by atoms with Crippen molar-refractivity contribution in [3.63, 3.8) is 0 Å². The van der Waals surface area contributed by atoms with Crippen molar-refractivity contribution in [1.29, 1.82) is 0 Å². The zero-order chi connectivity index (χ0) is 10.1. The Labute approximate surface area is 89.8 Å². The van der Waals surface area contributed by atoms with Crippen LogP contribution in [0.2, 0.25) is 0 Å². The van der Waals surface area contributed by atoms with Crippen LogP contribution < -0.4 is 0 Å². The molecule has 0 aromatic carbocycles. The molecule has 0 aromatic rings.